The summed E-state index contributed by atoms with van der Waals surface area (Å²) in [4.78, 5) is 1.74. The van der Waals surface area contributed by atoms with Crippen LogP contribution in [-0.2, 0) is 0 Å². The number of aliphatic hydroxyl groups is 1. The first-order valence-electron chi connectivity index (χ1n) is 6.53. The van der Waals surface area contributed by atoms with Gasteiger partial charge in [-0.25, -0.2) is 8.78 Å². The third-order valence-electron chi connectivity index (χ3n) is 3.47. The van der Waals surface area contributed by atoms with Gasteiger partial charge in [0.1, 0.15) is 0 Å². The van der Waals surface area contributed by atoms with Crippen molar-refractivity contribution in [2.45, 2.75) is 51.1 Å². The molecule has 1 rings (SSSR count). The largest absolute Gasteiger partial charge is 0.395 e. The molecule has 0 saturated heterocycles. The molecule has 1 aliphatic rings. The third-order valence-corrected chi connectivity index (χ3v) is 3.47. The molecule has 0 aromatic carbocycles. The van der Waals surface area contributed by atoms with Gasteiger partial charge in [0.25, 0.3) is 6.43 Å². The van der Waals surface area contributed by atoms with Gasteiger partial charge >= 0.3 is 0 Å². The predicted molar refractivity (Wildman–Crippen MR) is 64.4 cm³/mol. The molecule has 0 unspecified atom stereocenters. The fourth-order valence-electron chi connectivity index (χ4n) is 2.66. The first-order valence-corrected chi connectivity index (χ1v) is 6.53. The van der Waals surface area contributed by atoms with Gasteiger partial charge in [0, 0.05) is 18.6 Å². The van der Waals surface area contributed by atoms with Gasteiger partial charge in [0.05, 0.1) is 13.2 Å². The SMILES string of the molecule is CCNC1CCC(N(CCO)CC(F)F)CC1. The highest BCUT2D eigenvalue weighted by molar-refractivity contribution is 4.82. The van der Waals surface area contributed by atoms with E-state index in [-0.39, 0.29) is 19.2 Å². The summed E-state index contributed by atoms with van der Waals surface area (Å²) < 4.78 is 24.8. The molecular formula is C12H24F2N2O. The van der Waals surface area contributed by atoms with E-state index in [1.807, 2.05) is 0 Å². The maximum atomic E-state index is 12.4. The van der Waals surface area contributed by atoms with E-state index in [1.54, 1.807) is 4.90 Å². The van der Waals surface area contributed by atoms with Crippen LogP contribution in [0.25, 0.3) is 0 Å². The monoisotopic (exact) mass is 250 g/mol. The van der Waals surface area contributed by atoms with E-state index in [1.165, 1.54) is 0 Å². The van der Waals surface area contributed by atoms with Gasteiger partial charge in [-0.3, -0.25) is 4.90 Å². The average molecular weight is 250 g/mol. The molecule has 1 saturated carbocycles. The van der Waals surface area contributed by atoms with Crippen molar-refractivity contribution in [3.05, 3.63) is 0 Å². The normalized spacial score (nSPS) is 25.8. The molecule has 2 N–H and O–H groups in total. The van der Waals surface area contributed by atoms with Crippen LogP contribution in [0.4, 0.5) is 8.78 Å². The molecule has 0 aromatic rings. The molecule has 0 amide bonds. The number of halogens is 2. The summed E-state index contributed by atoms with van der Waals surface area (Å²) in [6, 6.07) is 0.754. The van der Waals surface area contributed by atoms with Crippen molar-refractivity contribution in [2.24, 2.45) is 0 Å². The van der Waals surface area contributed by atoms with Crippen LogP contribution >= 0.6 is 0 Å². The minimum atomic E-state index is -2.31. The van der Waals surface area contributed by atoms with Gasteiger partial charge in [0.2, 0.25) is 0 Å². The van der Waals surface area contributed by atoms with Crippen molar-refractivity contribution < 1.29 is 13.9 Å². The lowest BCUT2D eigenvalue weighted by Gasteiger charge is -2.36. The number of nitrogens with one attached hydrogen (secondary N) is 1. The minimum absolute atomic E-state index is 0.0418. The van der Waals surface area contributed by atoms with Crippen LogP contribution in [0, 0.1) is 0 Å². The topological polar surface area (TPSA) is 35.5 Å². The van der Waals surface area contributed by atoms with E-state index in [9.17, 15) is 8.78 Å². The van der Waals surface area contributed by atoms with E-state index in [2.05, 4.69) is 12.2 Å². The molecule has 5 heteroatoms. The van der Waals surface area contributed by atoms with E-state index in [0.717, 1.165) is 32.2 Å². The second kappa shape index (κ2) is 7.95. The predicted octanol–water partition coefficient (Wildman–Crippen LogP) is 1.47. The van der Waals surface area contributed by atoms with Crippen LogP contribution in [0.15, 0.2) is 0 Å². The maximum absolute atomic E-state index is 12.4. The van der Waals surface area contributed by atoms with Crippen LogP contribution in [0.2, 0.25) is 0 Å². The van der Waals surface area contributed by atoms with Crippen molar-refractivity contribution in [1.82, 2.24) is 10.2 Å². The number of nitrogens with zero attached hydrogens (tertiary/aromatic N) is 1. The average Bonchev–Trinajstić information content (AvgIpc) is 2.29. The van der Waals surface area contributed by atoms with E-state index < -0.39 is 6.43 Å². The third kappa shape index (κ3) is 5.27. The summed E-state index contributed by atoms with van der Waals surface area (Å²) >= 11 is 0. The zero-order chi connectivity index (χ0) is 12.7. The number of alkyl halides is 2. The van der Waals surface area contributed by atoms with Crippen LogP contribution < -0.4 is 5.32 Å². The van der Waals surface area contributed by atoms with Gasteiger partial charge in [-0.15, -0.1) is 0 Å². The first kappa shape index (κ1) is 14.8. The highest BCUT2D eigenvalue weighted by Crippen LogP contribution is 2.23. The van der Waals surface area contributed by atoms with Gasteiger partial charge in [0.15, 0.2) is 0 Å². The second-order valence-electron chi connectivity index (χ2n) is 4.67. The molecular weight excluding hydrogens is 226 g/mol. The fraction of sp³-hybridized carbons (Fsp3) is 1.00. The van der Waals surface area contributed by atoms with Crippen molar-refractivity contribution in [3.8, 4) is 0 Å². The molecule has 0 bridgehead atoms. The van der Waals surface area contributed by atoms with Crippen LogP contribution in [-0.4, -0.2) is 54.8 Å². The molecule has 0 atom stereocenters. The van der Waals surface area contributed by atoms with Gasteiger partial charge < -0.3 is 10.4 Å². The van der Waals surface area contributed by atoms with Crippen LogP contribution in [0.5, 0.6) is 0 Å². The van der Waals surface area contributed by atoms with Crippen molar-refractivity contribution in [3.63, 3.8) is 0 Å². The second-order valence-corrected chi connectivity index (χ2v) is 4.67. The maximum Gasteiger partial charge on any atom is 0.251 e. The van der Waals surface area contributed by atoms with Crippen molar-refractivity contribution >= 4 is 0 Å². The smallest absolute Gasteiger partial charge is 0.251 e. The van der Waals surface area contributed by atoms with Crippen LogP contribution in [0.1, 0.15) is 32.6 Å². The summed E-state index contributed by atoms with van der Waals surface area (Å²) in [6.45, 7) is 3.16. The Hall–Kier alpha value is -0.260. The van der Waals surface area contributed by atoms with Crippen molar-refractivity contribution in [2.75, 3.05) is 26.2 Å². The molecule has 17 heavy (non-hydrogen) atoms. The summed E-state index contributed by atoms with van der Waals surface area (Å²) in [5.74, 6) is 0. The Balaban J connectivity index is 2.37. The Bertz CT molecular complexity index is 197. The van der Waals surface area contributed by atoms with E-state index in [0.29, 0.717) is 12.6 Å². The fourth-order valence-corrected chi connectivity index (χ4v) is 2.66. The molecule has 1 aliphatic carbocycles. The quantitative estimate of drug-likeness (QED) is 0.718. The van der Waals surface area contributed by atoms with Crippen molar-refractivity contribution in [1.29, 1.82) is 0 Å². The number of hydrogen-bond acceptors (Lipinski definition) is 3. The first-order chi connectivity index (χ1) is 8.17. The summed E-state index contributed by atoms with van der Waals surface area (Å²) in [5, 5.41) is 12.3. The molecule has 102 valence electrons. The van der Waals surface area contributed by atoms with Gasteiger partial charge in [-0.2, -0.15) is 0 Å². The summed E-state index contributed by atoms with van der Waals surface area (Å²) in [6.07, 6.45) is 1.68. The van der Waals surface area contributed by atoms with Crippen LogP contribution in [0.3, 0.4) is 0 Å². The summed E-state index contributed by atoms with van der Waals surface area (Å²) in [5.41, 5.74) is 0. The molecule has 1 fully saturated rings. The molecule has 0 spiro atoms. The standard InChI is InChI=1S/C12H24F2N2O/c1-2-15-10-3-5-11(6-4-10)16(7-8-17)9-12(13)14/h10-12,15,17H,2-9H2,1H3. The highest BCUT2D eigenvalue weighted by atomic mass is 19.3. The Morgan fingerprint density at radius 2 is 1.94 bits per heavy atom. The lowest BCUT2D eigenvalue weighted by atomic mass is 9.90. The molecule has 0 aromatic heterocycles. The lowest BCUT2D eigenvalue weighted by Crippen LogP contribution is -2.45. The Morgan fingerprint density at radius 1 is 1.29 bits per heavy atom. The summed E-state index contributed by atoms with van der Waals surface area (Å²) in [7, 11) is 0. The zero-order valence-corrected chi connectivity index (χ0v) is 10.5. The zero-order valence-electron chi connectivity index (χ0n) is 10.5. The van der Waals surface area contributed by atoms with Gasteiger partial charge in [-0.1, -0.05) is 6.92 Å². The number of aliphatic hydroxyl groups excluding tert-OH is 1. The highest BCUT2D eigenvalue weighted by Gasteiger charge is 2.26. The lowest BCUT2D eigenvalue weighted by molar-refractivity contribution is 0.0413. The Morgan fingerprint density at radius 3 is 2.41 bits per heavy atom. The molecule has 0 heterocycles. The Labute approximate surface area is 102 Å². The molecule has 3 nitrogen and oxygen atoms in total. The number of hydrogen-bond donors (Lipinski definition) is 2. The van der Waals surface area contributed by atoms with E-state index in [4.69, 9.17) is 5.11 Å². The van der Waals surface area contributed by atoms with E-state index >= 15 is 0 Å². The Kier molecular flexibility index (Phi) is 6.92. The van der Waals surface area contributed by atoms with Gasteiger partial charge in [-0.05, 0) is 32.2 Å². The molecule has 0 aliphatic heterocycles. The molecule has 0 radical (unpaired) electrons. The minimum Gasteiger partial charge on any atom is -0.395 e. The number of rotatable bonds is 7.